The van der Waals surface area contributed by atoms with Gasteiger partial charge in [0.25, 0.3) is 0 Å². The molecule has 2 nitrogen and oxygen atoms in total. The third kappa shape index (κ3) is 2.37. The molecule has 0 spiro atoms. The van der Waals surface area contributed by atoms with Crippen molar-refractivity contribution >= 4 is 5.91 Å². The fourth-order valence-electron chi connectivity index (χ4n) is 5.84. The van der Waals surface area contributed by atoms with Gasteiger partial charge in [0.05, 0.1) is 5.41 Å². The highest BCUT2D eigenvalue weighted by atomic mass is 16.2. The molecule has 0 N–H and O–H groups in total. The van der Waals surface area contributed by atoms with Crippen LogP contribution in [-0.4, -0.2) is 17.4 Å². The van der Waals surface area contributed by atoms with Gasteiger partial charge < -0.3 is 4.90 Å². The van der Waals surface area contributed by atoms with Gasteiger partial charge in [-0.05, 0) is 68.8 Å². The molecule has 0 radical (unpaired) electrons. The van der Waals surface area contributed by atoms with Crippen LogP contribution in [0.4, 0.5) is 0 Å². The van der Waals surface area contributed by atoms with E-state index in [4.69, 9.17) is 0 Å². The van der Waals surface area contributed by atoms with Crippen molar-refractivity contribution in [2.45, 2.75) is 52.0 Å². The molecule has 0 saturated heterocycles. The topological polar surface area (TPSA) is 20.3 Å². The lowest BCUT2D eigenvalue weighted by molar-refractivity contribution is -0.158. The molecule has 22 heavy (non-hydrogen) atoms. The average molecular weight is 297 g/mol. The van der Waals surface area contributed by atoms with E-state index in [1.165, 1.54) is 44.1 Å². The molecule has 4 saturated carbocycles. The van der Waals surface area contributed by atoms with Crippen LogP contribution in [0.25, 0.3) is 0 Å². The van der Waals surface area contributed by atoms with Crippen LogP contribution in [0.2, 0.25) is 0 Å². The van der Waals surface area contributed by atoms with E-state index in [1.807, 2.05) is 6.07 Å². The van der Waals surface area contributed by atoms with Crippen molar-refractivity contribution in [2.24, 2.45) is 23.2 Å². The Kier molecular flexibility index (Phi) is 3.51. The number of amides is 1. The maximum absolute atomic E-state index is 13.4. The molecule has 1 amide bonds. The predicted molar refractivity (Wildman–Crippen MR) is 88.1 cm³/mol. The maximum atomic E-state index is 13.4. The fourth-order valence-corrected chi connectivity index (χ4v) is 5.84. The number of carbonyl (C=O) groups is 1. The second-order valence-corrected chi connectivity index (χ2v) is 8.00. The predicted octanol–water partition coefficient (Wildman–Crippen LogP) is 4.25. The van der Waals surface area contributed by atoms with Crippen LogP contribution in [0.3, 0.4) is 0 Å². The van der Waals surface area contributed by atoms with Gasteiger partial charge in [0.2, 0.25) is 5.91 Å². The van der Waals surface area contributed by atoms with E-state index in [-0.39, 0.29) is 5.41 Å². The minimum absolute atomic E-state index is 0.000456. The Labute approximate surface area is 133 Å². The zero-order chi connectivity index (χ0) is 15.2. The Balaban J connectivity index is 1.54. The van der Waals surface area contributed by atoms with Crippen molar-refractivity contribution in [2.75, 3.05) is 6.54 Å². The number of benzene rings is 1. The first-order chi connectivity index (χ1) is 10.7. The van der Waals surface area contributed by atoms with Crippen LogP contribution in [0.1, 0.15) is 51.0 Å². The fraction of sp³-hybridized carbons (Fsp3) is 0.650. The number of rotatable bonds is 4. The molecule has 0 unspecified atom stereocenters. The standard InChI is InChI=1S/C20H27NO/c1-2-21(14-15-6-4-3-5-7-15)19(22)20-11-16-8-17(12-20)10-18(9-16)13-20/h3-7,16-18H,2,8-14H2,1H3. The average Bonchev–Trinajstić information content (AvgIpc) is 2.51. The molecule has 0 atom stereocenters. The summed E-state index contributed by atoms with van der Waals surface area (Å²) in [5.74, 6) is 2.97. The van der Waals surface area contributed by atoms with Crippen LogP contribution in [0.15, 0.2) is 30.3 Å². The zero-order valence-electron chi connectivity index (χ0n) is 13.6. The molecule has 4 aliphatic carbocycles. The number of hydrogen-bond acceptors (Lipinski definition) is 1. The lowest BCUT2D eigenvalue weighted by Crippen LogP contribution is -2.54. The van der Waals surface area contributed by atoms with E-state index in [1.54, 1.807) is 0 Å². The van der Waals surface area contributed by atoms with E-state index in [0.29, 0.717) is 5.91 Å². The summed E-state index contributed by atoms with van der Waals surface area (Å²) >= 11 is 0. The van der Waals surface area contributed by atoms with Gasteiger partial charge in [-0.15, -0.1) is 0 Å². The van der Waals surface area contributed by atoms with E-state index in [2.05, 4.69) is 36.1 Å². The van der Waals surface area contributed by atoms with Gasteiger partial charge >= 0.3 is 0 Å². The van der Waals surface area contributed by atoms with Gasteiger partial charge in [0.1, 0.15) is 0 Å². The van der Waals surface area contributed by atoms with Crippen LogP contribution in [0, 0.1) is 23.2 Å². The minimum Gasteiger partial charge on any atom is -0.338 e. The van der Waals surface area contributed by atoms with Crippen molar-refractivity contribution < 1.29 is 4.79 Å². The Bertz CT molecular complexity index is 515. The van der Waals surface area contributed by atoms with E-state index in [9.17, 15) is 4.79 Å². The summed E-state index contributed by atoms with van der Waals surface area (Å²) < 4.78 is 0. The van der Waals surface area contributed by atoms with E-state index in [0.717, 1.165) is 30.8 Å². The normalized spacial score (nSPS) is 35.6. The third-order valence-corrected chi connectivity index (χ3v) is 6.38. The van der Waals surface area contributed by atoms with Crippen molar-refractivity contribution in [1.29, 1.82) is 0 Å². The summed E-state index contributed by atoms with van der Waals surface area (Å²) in [6.07, 6.45) is 7.71. The van der Waals surface area contributed by atoms with Crippen molar-refractivity contribution in [3.05, 3.63) is 35.9 Å². The molecule has 1 aromatic rings. The summed E-state index contributed by atoms with van der Waals surface area (Å²) in [6, 6.07) is 10.4. The first kappa shape index (κ1) is 14.3. The van der Waals surface area contributed by atoms with E-state index < -0.39 is 0 Å². The zero-order valence-corrected chi connectivity index (χ0v) is 13.6. The van der Waals surface area contributed by atoms with Crippen LogP contribution >= 0.6 is 0 Å². The first-order valence-electron chi connectivity index (χ1n) is 9.02. The minimum atomic E-state index is -0.000456. The van der Waals surface area contributed by atoms with Crippen LogP contribution in [0.5, 0.6) is 0 Å². The quantitative estimate of drug-likeness (QED) is 0.813. The van der Waals surface area contributed by atoms with E-state index >= 15 is 0 Å². The smallest absolute Gasteiger partial charge is 0.229 e. The monoisotopic (exact) mass is 297 g/mol. The first-order valence-corrected chi connectivity index (χ1v) is 9.02. The van der Waals surface area contributed by atoms with Crippen molar-refractivity contribution in [1.82, 2.24) is 4.90 Å². The summed E-state index contributed by atoms with van der Waals surface area (Å²) in [4.78, 5) is 15.5. The number of carbonyl (C=O) groups excluding carboxylic acids is 1. The molecule has 0 aliphatic heterocycles. The highest BCUT2D eigenvalue weighted by Gasteiger charge is 2.55. The summed E-state index contributed by atoms with van der Waals surface area (Å²) in [7, 11) is 0. The summed E-state index contributed by atoms with van der Waals surface area (Å²) in [5, 5.41) is 0. The van der Waals surface area contributed by atoms with Gasteiger partial charge in [-0.1, -0.05) is 30.3 Å². The van der Waals surface area contributed by atoms with Crippen LogP contribution < -0.4 is 0 Å². The lowest BCUT2D eigenvalue weighted by atomic mass is 9.49. The Hall–Kier alpha value is -1.31. The highest BCUT2D eigenvalue weighted by Crippen LogP contribution is 2.60. The maximum Gasteiger partial charge on any atom is 0.229 e. The second-order valence-electron chi connectivity index (χ2n) is 8.00. The molecule has 2 heteroatoms. The molecule has 0 heterocycles. The largest absolute Gasteiger partial charge is 0.338 e. The number of hydrogen-bond donors (Lipinski definition) is 0. The Morgan fingerprint density at radius 2 is 1.59 bits per heavy atom. The Morgan fingerprint density at radius 1 is 1.05 bits per heavy atom. The molecular weight excluding hydrogens is 270 g/mol. The Morgan fingerprint density at radius 3 is 2.09 bits per heavy atom. The number of nitrogens with zero attached hydrogens (tertiary/aromatic N) is 1. The molecule has 5 rings (SSSR count). The third-order valence-electron chi connectivity index (χ3n) is 6.38. The van der Waals surface area contributed by atoms with Gasteiger partial charge in [0.15, 0.2) is 0 Å². The molecule has 118 valence electrons. The molecule has 0 aromatic heterocycles. The van der Waals surface area contributed by atoms with Gasteiger partial charge in [-0.25, -0.2) is 0 Å². The van der Waals surface area contributed by atoms with Crippen LogP contribution in [-0.2, 0) is 11.3 Å². The van der Waals surface area contributed by atoms with Gasteiger partial charge in [-0.3, -0.25) is 4.79 Å². The van der Waals surface area contributed by atoms with Gasteiger partial charge in [-0.2, -0.15) is 0 Å². The molecule has 4 bridgehead atoms. The SMILES string of the molecule is CCN(Cc1ccccc1)C(=O)C12CC3CC(CC(C3)C1)C2. The highest BCUT2D eigenvalue weighted by molar-refractivity contribution is 5.83. The van der Waals surface area contributed by atoms with Crippen molar-refractivity contribution in [3.8, 4) is 0 Å². The van der Waals surface area contributed by atoms with Crippen molar-refractivity contribution in [3.63, 3.8) is 0 Å². The molecule has 4 fully saturated rings. The lowest BCUT2D eigenvalue weighted by Gasteiger charge is -2.56. The summed E-state index contributed by atoms with van der Waals surface area (Å²) in [5.41, 5.74) is 1.25. The molecule has 1 aromatic carbocycles. The van der Waals surface area contributed by atoms with Gasteiger partial charge in [0, 0.05) is 13.1 Å². The molecular formula is C20H27NO. The second kappa shape index (κ2) is 5.40. The summed E-state index contributed by atoms with van der Waals surface area (Å²) in [6.45, 7) is 3.73. The molecule has 4 aliphatic rings.